The van der Waals surface area contributed by atoms with Gasteiger partial charge in [0.1, 0.15) is 0 Å². The van der Waals surface area contributed by atoms with Gasteiger partial charge in [0.2, 0.25) is 0 Å². The summed E-state index contributed by atoms with van der Waals surface area (Å²) in [7, 11) is -4.58. The first-order valence-corrected chi connectivity index (χ1v) is 4.98. The van der Waals surface area contributed by atoms with Crippen molar-refractivity contribution in [2.45, 2.75) is 6.18 Å². The van der Waals surface area contributed by atoms with Crippen molar-refractivity contribution in [3.8, 4) is 12.5 Å². The zero-order chi connectivity index (χ0) is 11.4. The molecule has 0 radical (unpaired) electrons. The fourth-order valence-corrected chi connectivity index (χ4v) is 1.75. The van der Waals surface area contributed by atoms with Crippen molar-refractivity contribution in [2.24, 2.45) is 0 Å². The first-order valence-electron chi connectivity index (χ1n) is 3.37. The van der Waals surface area contributed by atoms with Gasteiger partial charge in [0.15, 0.2) is 5.75 Å². The maximum atomic E-state index is 11.8. The molecule has 0 spiro atoms. The molecule has 4 nitrogen and oxygen atoms in total. The highest BCUT2D eigenvalue weighted by Crippen LogP contribution is 2.18. The summed E-state index contributed by atoms with van der Waals surface area (Å²) in [6.07, 6.45) is -0.162. The second kappa shape index (κ2) is 4.52. The molecule has 0 amide bonds. The Balaban J connectivity index is 4.70. The Morgan fingerprint density at radius 1 is 1.43 bits per heavy atom. The average Bonchev–Trinajstić information content (AvgIpc) is 1.94. The van der Waals surface area contributed by atoms with Crippen molar-refractivity contribution in [3.05, 3.63) is 0 Å². The molecule has 14 heavy (non-hydrogen) atoms. The SMILES string of the molecule is C#CN(CCO)S(=O)(=O)CC(F)(F)F. The topological polar surface area (TPSA) is 57.6 Å². The van der Waals surface area contributed by atoms with Crippen LogP contribution < -0.4 is 0 Å². The van der Waals surface area contributed by atoms with E-state index in [9.17, 15) is 21.6 Å². The zero-order valence-electron chi connectivity index (χ0n) is 6.95. The van der Waals surface area contributed by atoms with E-state index in [0.29, 0.717) is 0 Å². The van der Waals surface area contributed by atoms with Gasteiger partial charge in [0, 0.05) is 6.04 Å². The largest absolute Gasteiger partial charge is 0.404 e. The summed E-state index contributed by atoms with van der Waals surface area (Å²) in [6.45, 7) is -1.18. The molecule has 82 valence electrons. The van der Waals surface area contributed by atoms with E-state index in [2.05, 4.69) is 6.42 Å². The molecule has 0 heterocycles. The van der Waals surface area contributed by atoms with Gasteiger partial charge in [-0.3, -0.25) is 0 Å². The zero-order valence-corrected chi connectivity index (χ0v) is 7.77. The molecule has 0 aliphatic rings. The maximum absolute atomic E-state index is 11.8. The van der Waals surface area contributed by atoms with Crippen molar-refractivity contribution < 1.29 is 26.7 Å². The molecule has 0 saturated carbocycles. The summed E-state index contributed by atoms with van der Waals surface area (Å²) in [5.41, 5.74) is 0. The molecule has 0 saturated heterocycles. The third kappa shape index (κ3) is 4.34. The second-order valence-electron chi connectivity index (χ2n) is 2.30. The molecule has 0 aliphatic carbocycles. The highest BCUT2D eigenvalue weighted by Gasteiger charge is 2.37. The van der Waals surface area contributed by atoms with Crippen LogP contribution in [0.3, 0.4) is 0 Å². The molecule has 0 aromatic heterocycles. The first kappa shape index (κ1) is 13.1. The smallest absolute Gasteiger partial charge is 0.394 e. The molecule has 1 N–H and O–H groups in total. The minimum absolute atomic E-state index is 0.125. The predicted octanol–water partition coefficient (Wildman–Crippen LogP) is -0.236. The molecule has 8 heteroatoms. The van der Waals surface area contributed by atoms with E-state index in [-0.39, 0.29) is 4.31 Å². The van der Waals surface area contributed by atoms with E-state index in [0.717, 1.165) is 0 Å². The fourth-order valence-electron chi connectivity index (χ4n) is 0.660. The van der Waals surface area contributed by atoms with Crippen LogP contribution in [0.25, 0.3) is 0 Å². The Bertz CT molecular complexity index is 316. The molecule has 0 unspecified atom stereocenters. The third-order valence-corrected chi connectivity index (χ3v) is 2.78. The lowest BCUT2D eigenvalue weighted by Gasteiger charge is -2.17. The standard InChI is InChI=1S/C6H8F3NO3S/c1-2-10(3-4-11)14(12,13)5-6(7,8)9/h1,11H,3-5H2. The summed E-state index contributed by atoms with van der Waals surface area (Å²) >= 11 is 0. The molecule has 0 fully saturated rings. The highest BCUT2D eigenvalue weighted by molar-refractivity contribution is 7.89. The molecular weight excluding hydrogens is 223 g/mol. The Hall–Kier alpha value is -0.940. The number of halogens is 3. The lowest BCUT2D eigenvalue weighted by atomic mass is 10.7. The molecule has 0 aromatic rings. The number of hydrogen-bond acceptors (Lipinski definition) is 3. The molecule has 0 atom stereocenters. The second-order valence-corrected chi connectivity index (χ2v) is 4.19. The molecule has 0 aliphatic heterocycles. The van der Waals surface area contributed by atoms with Crippen molar-refractivity contribution >= 4 is 10.0 Å². The summed E-state index contributed by atoms with van der Waals surface area (Å²) in [5.74, 6) is -2.02. The van der Waals surface area contributed by atoms with Gasteiger partial charge in [0.05, 0.1) is 13.2 Å². The molecular formula is C6H8F3NO3S. The van der Waals surface area contributed by atoms with Gasteiger partial charge in [-0.1, -0.05) is 6.42 Å². The van der Waals surface area contributed by atoms with E-state index in [4.69, 9.17) is 5.11 Å². The Morgan fingerprint density at radius 3 is 2.21 bits per heavy atom. The molecule has 0 rings (SSSR count). The summed E-state index contributed by atoms with van der Waals surface area (Å²) < 4.78 is 57.2. The van der Waals surface area contributed by atoms with Crippen LogP contribution in [0.2, 0.25) is 0 Å². The van der Waals surface area contributed by atoms with Crippen molar-refractivity contribution in [2.75, 3.05) is 18.9 Å². The number of aliphatic hydroxyl groups is 1. The van der Waals surface area contributed by atoms with Gasteiger partial charge in [-0.15, -0.1) is 0 Å². The van der Waals surface area contributed by atoms with E-state index < -0.39 is 35.1 Å². The summed E-state index contributed by atoms with van der Waals surface area (Å²) in [5, 5.41) is 8.35. The number of rotatable bonds is 4. The summed E-state index contributed by atoms with van der Waals surface area (Å²) in [6, 6.07) is 1.55. The van der Waals surface area contributed by atoms with Crippen LogP contribution in [-0.2, 0) is 10.0 Å². The van der Waals surface area contributed by atoms with Crippen LogP contribution in [0, 0.1) is 12.5 Å². The number of terminal acetylenes is 1. The number of hydrogen-bond donors (Lipinski definition) is 1. The van der Waals surface area contributed by atoms with Gasteiger partial charge in [0.25, 0.3) is 10.0 Å². The van der Waals surface area contributed by atoms with E-state index in [1.807, 2.05) is 0 Å². The third-order valence-electron chi connectivity index (χ3n) is 1.13. The van der Waals surface area contributed by atoms with Crippen LogP contribution in [0.1, 0.15) is 0 Å². The van der Waals surface area contributed by atoms with Crippen molar-refractivity contribution in [1.29, 1.82) is 0 Å². The molecule has 0 aromatic carbocycles. The fraction of sp³-hybridized carbons (Fsp3) is 0.667. The van der Waals surface area contributed by atoms with Crippen LogP contribution in [0.15, 0.2) is 0 Å². The van der Waals surface area contributed by atoms with Crippen LogP contribution in [-0.4, -0.2) is 42.9 Å². The van der Waals surface area contributed by atoms with E-state index >= 15 is 0 Å². The van der Waals surface area contributed by atoms with Gasteiger partial charge < -0.3 is 5.11 Å². The normalized spacial score (nSPS) is 12.2. The number of sulfonamides is 1. The van der Waals surface area contributed by atoms with Crippen LogP contribution >= 0.6 is 0 Å². The van der Waals surface area contributed by atoms with Crippen LogP contribution in [0.5, 0.6) is 0 Å². The van der Waals surface area contributed by atoms with E-state index in [1.165, 1.54) is 0 Å². The predicted molar refractivity (Wildman–Crippen MR) is 42.5 cm³/mol. The average molecular weight is 231 g/mol. The van der Waals surface area contributed by atoms with Gasteiger partial charge >= 0.3 is 6.18 Å². The van der Waals surface area contributed by atoms with Gasteiger partial charge in [-0.05, 0) is 0 Å². The van der Waals surface area contributed by atoms with Gasteiger partial charge in [-0.25, -0.2) is 12.7 Å². The Labute approximate surface area is 79.4 Å². The highest BCUT2D eigenvalue weighted by atomic mass is 32.2. The lowest BCUT2D eigenvalue weighted by Crippen LogP contribution is -2.36. The number of aliphatic hydroxyl groups excluding tert-OH is 1. The molecule has 0 bridgehead atoms. The maximum Gasteiger partial charge on any atom is 0.404 e. The van der Waals surface area contributed by atoms with Crippen LogP contribution in [0.4, 0.5) is 13.2 Å². The van der Waals surface area contributed by atoms with Crippen molar-refractivity contribution in [1.82, 2.24) is 4.31 Å². The quantitative estimate of drug-likeness (QED) is 0.537. The van der Waals surface area contributed by atoms with E-state index in [1.54, 1.807) is 6.04 Å². The lowest BCUT2D eigenvalue weighted by molar-refractivity contribution is -0.106. The Kier molecular flexibility index (Phi) is 4.22. The van der Waals surface area contributed by atoms with Gasteiger partial charge in [-0.2, -0.15) is 13.2 Å². The summed E-state index contributed by atoms with van der Waals surface area (Å²) in [4.78, 5) is 0. The van der Waals surface area contributed by atoms with Crippen molar-refractivity contribution in [3.63, 3.8) is 0 Å². The first-order chi connectivity index (χ1) is 6.23. The number of alkyl halides is 3. The monoisotopic (exact) mass is 231 g/mol. The Morgan fingerprint density at radius 2 is 1.93 bits per heavy atom. The minimum atomic E-state index is -4.84. The minimum Gasteiger partial charge on any atom is -0.394 e. The number of nitrogens with zero attached hydrogens (tertiary/aromatic N) is 1.